The van der Waals surface area contributed by atoms with Crippen molar-refractivity contribution in [2.45, 2.75) is 30.3 Å². The van der Waals surface area contributed by atoms with Gasteiger partial charge in [0.25, 0.3) is 0 Å². The van der Waals surface area contributed by atoms with Crippen LogP contribution in [0.15, 0.2) is 60.0 Å². The molecule has 0 bridgehead atoms. The van der Waals surface area contributed by atoms with Gasteiger partial charge in [0.2, 0.25) is 0 Å². The van der Waals surface area contributed by atoms with Crippen LogP contribution in [0.3, 0.4) is 0 Å². The van der Waals surface area contributed by atoms with Gasteiger partial charge in [-0.1, -0.05) is 12.1 Å². The Morgan fingerprint density at radius 1 is 1.08 bits per heavy atom. The highest BCUT2D eigenvalue weighted by molar-refractivity contribution is 7.99. The Hall–Kier alpha value is -2.87. The van der Waals surface area contributed by atoms with Gasteiger partial charge >= 0.3 is 12.4 Å². The first-order valence-electron chi connectivity index (χ1n) is 11.5. The van der Waals surface area contributed by atoms with Gasteiger partial charge in [0.1, 0.15) is 17.5 Å². The highest BCUT2D eigenvalue weighted by Gasteiger charge is 2.39. The molecule has 4 rings (SSSR count). The number of quaternary nitrogens is 1. The molecule has 3 atom stereocenters. The van der Waals surface area contributed by atoms with Crippen LogP contribution in [0.2, 0.25) is 0 Å². The predicted molar refractivity (Wildman–Crippen MR) is 131 cm³/mol. The molecule has 2 aliphatic rings. The Morgan fingerprint density at radius 2 is 1.74 bits per heavy atom. The minimum absolute atomic E-state index is 0.0736. The van der Waals surface area contributed by atoms with Gasteiger partial charge in [-0.3, -0.25) is 5.32 Å². The van der Waals surface area contributed by atoms with Crippen LogP contribution in [0.25, 0.3) is 5.70 Å². The molecule has 0 fully saturated rings. The van der Waals surface area contributed by atoms with Crippen molar-refractivity contribution < 1.29 is 40.9 Å². The molecule has 2 aromatic rings. The Bertz CT molecular complexity index is 1200. The van der Waals surface area contributed by atoms with Crippen LogP contribution in [-0.4, -0.2) is 38.1 Å². The third-order valence-corrected chi connectivity index (χ3v) is 6.93. The van der Waals surface area contributed by atoms with Crippen molar-refractivity contribution in [3.63, 3.8) is 0 Å². The SMILES string of the molecule is COc1ccccc1/C1=C/C(SC)OC2=C(CNCN2)C(Cc2cc(C(F)(F)F)cc(C(F)(F)F)c2)[NH+]1[O-]. The summed E-state index contributed by atoms with van der Waals surface area (Å²) >= 11 is 1.32. The summed E-state index contributed by atoms with van der Waals surface area (Å²) in [5, 5.41) is 19.7. The molecule has 3 unspecified atom stereocenters. The third kappa shape index (κ3) is 6.06. The number of hydrogen-bond donors (Lipinski definition) is 3. The van der Waals surface area contributed by atoms with Gasteiger partial charge in [-0.2, -0.15) is 26.3 Å². The van der Waals surface area contributed by atoms with Crippen molar-refractivity contribution in [2.75, 3.05) is 26.6 Å². The molecular weight excluding hydrogens is 536 g/mol. The number of methoxy groups -OCH3 is 1. The van der Waals surface area contributed by atoms with Crippen LogP contribution in [-0.2, 0) is 23.5 Å². The lowest BCUT2D eigenvalue weighted by molar-refractivity contribution is -0.793. The van der Waals surface area contributed by atoms with E-state index in [1.54, 1.807) is 36.6 Å². The highest BCUT2D eigenvalue weighted by atomic mass is 32.2. The second-order valence-electron chi connectivity index (χ2n) is 8.67. The van der Waals surface area contributed by atoms with Crippen molar-refractivity contribution in [3.05, 3.63) is 87.5 Å². The molecule has 3 N–H and O–H groups in total. The molecule has 0 aromatic heterocycles. The van der Waals surface area contributed by atoms with Crippen LogP contribution in [0.4, 0.5) is 26.3 Å². The highest BCUT2D eigenvalue weighted by Crippen LogP contribution is 2.37. The van der Waals surface area contributed by atoms with Gasteiger partial charge in [0.05, 0.1) is 36.0 Å². The van der Waals surface area contributed by atoms with Crippen molar-refractivity contribution in [2.24, 2.45) is 0 Å². The lowest BCUT2D eigenvalue weighted by Gasteiger charge is -2.39. The standard InChI is InChI=1S/C25H25F6N3O3S/c1-36-21-6-4-3-5-17(21)20-11-22(38-2)37-23-18(12-32-13-33-23)19(34(20)35)9-14-7-15(24(26,27)28)10-16(8-14)25(29,30)31/h3-8,10-11,19,22,32-34H,9,12-13H2,1-2H3/b20-11-. The van der Waals surface area contributed by atoms with E-state index in [1.807, 2.05) is 0 Å². The molecular formula is C25H25F6N3O3S. The topological polar surface area (TPSA) is 70.0 Å². The van der Waals surface area contributed by atoms with E-state index in [-0.39, 0.29) is 29.8 Å². The van der Waals surface area contributed by atoms with Gasteiger partial charge in [-0.15, -0.1) is 11.8 Å². The predicted octanol–water partition coefficient (Wildman–Crippen LogP) is 4.15. The number of halogens is 6. The van der Waals surface area contributed by atoms with E-state index in [1.165, 1.54) is 18.9 Å². The normalized spacial score (nSPS) is 23.8. The maximum absolute atomic E-state index is 14.1. The summed E-state index contributed by atoms with van der Waals surface area (Å²) < 4.78 is 92.6. The fraction of sp³-hybridized carbons (Fsp3) is 0.360. The zero-order valence-electron chi connectivity index (χ0n) is 20.3. The van der Waals surface area contributed by atoms with E-state index in [2.05, 4.69) is 10.6 Å². The monoisotopic (exact) mass is 561 g/mol. The second-order valence-corrected chi connectivity index (χ2v) is 9.61. The number of benzene rings is 2. The molecule has 2 aliphatic heterocycles. The zero-order valence-corrected chi connectivity index (χ0v) is 21.1. The summed E-state index contributed by atoms with van der Waals surface area (Å²) in [6.45, 7) is 0.468. The van der Waals surface area contributed by atoms with E-state index in [9.17, 15) is 31.5 Å². The maximum atomic E-state index is 14.1. The summed E-state index contributed by atoms with van der Waals surface area (Å²) in [5.41, 5.74) is -2.69. The number of hydroxylamine groups is 2. The van der Waals surface area contributed by atoms with Crippen molar-refractivity contribution in [1.29, 1.82) is 0 Å². The summed E-state index contributed by atoms with van der Waals surface area (Å²) in [4.78, 5) is 0. The van der Waals surface area contributed by atoms with Crippen molar-refractivity contribution >= 4 is 17.5 Å². The Morgan fingerprint density at radius 3 is 2.34 bits per heavy atom. The van der Waals surface area contributed by atoms with Crippen LogP contribution in [0, 0.1) is 5.21 Å². The van der Waals surface area contributed by atoms with E-state index >= 15 is 0 Å². The third-order valence-electron chi connectivity index (χ3n) is 6.24. The summed E-state index contributed by atoms with van der Waals surface area (Å²) in [5.74, 6) is 0.665. The number of rotatable bonds is 5. The second kappa shape index (κ2) is 11.1. The molecule has 0 aliphatic carbocycles. The number of para-hydroxylation sites is 1. The molecule has 206 valence electrons. The van der Waals surface area contributed by atoms with Gasteiger partial charge in [-0.05, 0) is 42.2 Å². The average molecular weight is 562 g/mol. The molecule has 0 radical (unpaired) electrons. The molecule has 2 heterocycles. The van der Waals surface area contributed by atoms with Crippen LogP contribution < -0.4 is 20.4 Å². The molecule has 38 heavy (non-hydrogen) atoms. The minimum Gasteiger partial charge on any atom is -0.628 e. The summed E-state index contributed by atoms with van der Waals surface area (Å²) in [7, 11) is 1.43. The van der Waals surface area contributed by atoms with Gasteiger partial charge in [0, 0.05) is 19.0 Å². The fourth-order valence-electron chi connectivity index (χ4n) is 4.44. The van der Waals surface area contributed by atoms with Crippen molar-refractivity contribution in [1.82, 2.24) is 10.6 Å². The molecule has 6 nitrogen and oxygen atoms in total. The Labute approximate surface area is 219 Å². The Kier molecular flexibility index (Phi) is 8.21. The molecule has 2 aromatic carbocycles. The average Bonchev–Trinajstić information content (AvgIpc) is 2.87. The van der Waals surface area contributed by atoms with E-state index in [0.717, 1.165) is 0 Å². The van der Waals surface area contributed by atoms with Gasteiger partial charge in [0.15, 0.2) is 11.3 Å². The molecule has 0 saturated carbocycles. The summed E-state index contributed by atoms with van der Waals surface area (Å²) in [6.07, 6.45) is -7.04. The molecule has 0 saturated heterocycles. The van der Waals surface area contributed by atoms with E-state index < -0.39 is 46.4 Å². The quantitative estimate of drug-likeness (QED) is 0.377. The smallest absolute Gasteiger partial charge is 0.416 e. The number of nitrogens with one attached hydrogen (secondary N) is 3. The largest absolute Gasteiger partial charge is 0.628 e. The van der Waals surface area contributed by atoms with Crippen LogP contribution >= 0.6 is 11.8 Å². The first kappa shape index (κ1) is 28.1. The molecule has 0 spiro atoms. The number of alkyl halides is 6. The first-order valence-corrected chi connectivity index (χ1v) is 12.8. The Balaban J connectivity index is 1.86. The molecule has 0 amide bonds. The zero-order chi connectivity index (χ0) is 27.7. The number of thioether (sulfide) groups is 1. The minimum atomic E-state index is -5.00. The van der Waals surface area contributed by atoms with E-state index in [4.69, 9.17) is 9.47 Å². The van der Waals surface area contributed by atoms with Crippen LogP contribution in [0.5, 0.6) is 5.75 Å². The van der Waals surface area contributed by atoms with Crippen molar-refractivity contribution in [3.8, 4) is 5.75 Å². The molecule has 13 heteroatoms. The van der Waals surface area contributed by atoms with Gasteiger partial charge < -0.3 is 25.1 Å². The van der Waals surface area contributed by atoms with Gasteiger partial charge in [-0.25, -0.2) is 0 Å². The lowest BCUT2D eigenvalue weighted by atomic mass is 9.93. The lowest BCUT2D eigenvalue weighted by Crippen LogP contribution is -3.09. The first-order chi connectivity index (χ1) is 17.9. The number of ether oxygens (including phenoxy) is 2. The number of hydrogen-bond acceptors (Lipinski definition) is 6. The fourth-order valence-corrected chi connectivity index (χ4v) is 4.91. The summed E-state index contributed by atoms with van der Waals surface area (Å²) in [6, 6.07) is 7.00. The van der Waals surface area contributed by atoms with E-state index in [0.29, 0.717) is 35.7 Å². The van der Waals surface area contributed by atoms with Crippen LogP contribution in [0.1, 0.15) is 22.3 Å². The maximum Gasteiger partial charge on any atom is 0.416 e.